The summed E-state index contributed by atoms with van der Waals surface area (Å²) in [5.41, 5.74) is 4.72. The van der Waals surface area contributed by atoms with Gasteiger partial charge in [0.15, 0.2) is 0 Å². The Balaban J connectivity index is 2.17. The topological polar surface area (TPSA) is 12.0 Å². The lowest BCUT2D eigenvalue weighted by molar-refractivity contribution is 0.489. The van der Waals surface area contributed by atoms with Crippen molar-refractivity contribution >= 4 is 0 Å². The molecule has 1 aliphatic carbocycles. The van der Waals surface area contributed by atoms with Gasteiger partial charge in [-0.05, 0) is 61.8 Å². The molecule has 1 nitrogen and oxygen atoms in total. The Morgan fingerprint density at radius 2 is 2.05 bits per heavy atom. The summed E-state index contributed by atoms with van der Waals surface area (Å²) < 4.78 is 0. The third kappa shape index (κ3) is 4.07. The number of hydrogen-bond donors (Lipinski definition) is 1. The van der Waals surface area contributed by atoms with E-state index in [0.29, 0.717) is 6.04 Å². The summed E-state index contributed by atoms with van der Waals surface area (Å²) >= 11 is 0. The van der Waals surface area contributed by atoms with E-state index in [2.05, 4.69) is 37.4 Å². The molecule has 19 heavy (non-hydrogen) atoms. The van der Waals surface area contributed by atoms with Gasteiger partial charge in [-0.3, -0.25) is 0 Å². The van der Waals surface area contributed by atoms with Crippen LogP contribution in [0.1, 0.15) is 75.1 Å². The van der Waals surface area contributed by atoms with Crippen LogP contribution in [0.5, 0.6) is 0 Å². The maximum atomic E-state index is 3.75. The van der Waals surface area contributed by atoms with Crippen molar-refractivity contribution in [2.75, 3.05) is 6.54 Å². The van der Waals surface area contributed by atoms with Crippen molar-refractivity contribution in [2.45, 2.75) is 71.3 Å². The predicted octanol–water partition coefficient (Wildman–Crippen LogP) is 4.80. The normalized spacial score (nSPS) is 18.9. The van der Waals surface area contributed by atoms with Gasteiger partial charge in [-0.15, -0.1) is 0 Å². The molecule has 1 unspecified atom stereocenters. The lowest BCUT2D eigenvalue weighted by Crippen LogP contribution is -2.22. The van der Waals surface area contributed by atoms with E-state index in [1.807, 2.05) is 0 Å². The van der Waals surface area contributed by atoms with E-state index >= 15 is 0 Å². The minimum Gasteiger partial charge on any atom is -0.310 e. The third-order valence-electron chi connectivity index (χ3n) is 4.23. The first kappa shape index (κ1) is 14.6. The highest BCUT2D eigenvalue weighted by atomic mass is 14.9. The second kappa shape index (κ2) is 7.69. The summed E-state index contributed by atoms with van der Waals surface area (Å²) in [7, 11) is 0. The van der Waals surface area contributed by atoms with Crippen LogP contribution in [0.2, 0.25) is 0 Å². The molecule has 0 fully saturated rings. The molecule has 1 aromatic carbocycles. The second-order valence-electron chi connectivity index (χ2n) is 5.89. The number of unbranched alkanes of at least 4 members (excludes halogenated alkanes) is 1. The largest absolute Gasteiger partial charge is 0.310 e. The average Bonchev–Trinajstić information content (AvgIpc) is 2.64. The van der Waals surface area contributed by atoms with Crippen molar-refractivity contribution in [3.8, 4) is 0 Å². The molecule has 1 aliphatic rings. The number of nitrogens with one attached hydrogen (secondary N) is 1. The van der Waals surface area contributed by atoms with Gasteiger partial charge in [0.2, 0.25) is 0 Å². The molecule has 2 rings (SSSR count). The van der Waals surface area contributed by atoms with Gasteiger partial charge in [-0.1, -0.05) is 44.9 Å². The molecule has 0 radical (unpaired) electrons. The Morgan fingerprint density at radius 1 is 1.16 bits per heavy atom. The van der Waals surface area contributed by atoms with Crippen LogP contribution in [0.4, 0.5) is 0 Å². The van der Waals surface area contributed by atoms with Crippen molar-refractivity contribution in [2.24, 2.45) is 0 Å². The molecular formula is C18H29N. The summed E-state index contributed by atoms with van der Waals surface area (Å²) in [6, 6.07) is 7.84. The molecule has 0 spiro atoms. The lowest BCUT2D eigenvalue weighted by Gasteiger charge is -2.20. The van der Waals surface area contributed by atoms with Crippen LogP contribution < -0.4 is 5.32 Å². The van der Waals surface area contributed by atoms with Crippen LogP contribution in [-0.2, 0) is 12.8 Å². The van der Waals surface area contributed by atoms with E-state index in [1.165, 1.54) is 56.9 Å². The van der Waals surface area contributed by atoms with Gasteiger partial charge >= 0.3 is 0 Å². The van der Waals surface area contributed by atoms with Gasteiger partial charge in [0, 0.05) is 6.04 Å². The van der Waals surface area contributed by atoms with Crippen molar-refractivity contribution in [3.05, 3.63) is 34.9 Å². The van der Waals surface area contributed by atoms with Crippen LogP contribution >= 0.6 is 0 Å². The van der Waals surface area contributed by atoms with E-state index in [-0.39, 0.29) is 0 Å². The highest BCUT2D eigenvalue weighted by Gasteiger charge is 2.18. The van der Waals surface area contributed by atoms with E-state index in [0.717, 1.165) is 6.54 Å². The van der Waals surface area contributed by atoms with Crippen LogP contribution in [0, 0.1) is 0 Å². The monoisotopic (exact) mass is 259 g/mol. The summed E-state index contributed by atoms with van der Waals surface area (Å²) in [6.07, 6.45) is 10.4. The fourth-order valence-electron chi connectivity index (χ4n) is 3.08. The molecule has 0 bridgehead atoms. The maximum Gasteiger partial charge on any atom is 0.0323 e. The highest BCUT2D eigenvalue weighted by molar-refractivity contribution is 5.35. The Morgan fingerprint density at radius 3 is 2.84 bits per heavy atom. The third-order valence-corrected chi connectivity index (χ3v) is 4.23. The van der Waals surface area contributed by atoms with Gasteiger partial charge in [-0.2, -0.15) is 0 Å². The molecule has 0 saturated carbocycles. The van der Waals surface area contributed by atoms with Crippen molar-refractivity contribution in [1.29, 1.82) is 0 Å². The zero-order chi connectivity index (χ0) is 13.5. The standard InChI is InChI=1S/C18H29N/c1-3-5-8-15-11-12-16-9-6-7-10-18(17(16)14-15)19-13-4-2/h11-12,14,18-19H,3-10,13H2,1-2H3. The molecule has 0 heterocycles. The van der Waals surface area contributed by atoms with Crippen molar-refractivity contribution in [3.63, 3.8) is 0 Å². The number of fused-ring (bicyclic) bond motifs is 1. The lowest BCUT2D eigenvalue weighted by atomic mass is 9.95. The minimum atomic E-state index is 0.596. The molecule has 0 aromatic heterocycles. The van der Waals surface area contributed by atoms with Crippen LogP contribution in [0.3, 0.4) is 0 Å². The Hall–Kier alpha value is -0.820. The number of aryl methyl sites for hydroxylation is 2. The van der Waals surface area contributed by atoms with Crippen LogP contribution in [0.15, 0.2) is 18.2 Å². The molecule has 0 saturated heterocycles. The first-order valence-electron chi connectivity index (χ1n) is 8.20. The minimum absolute atomic E-state index is 0.596. The molecule has 1 heteroatoms. The van der Waals surface area contributed by atoms with Gasteiger partial charge in [0.25, 0.3) is 0 Å². The molecular weight excluding hydrogens is 230 g/mol. The zero-order valence-corrected chi connectivity index (χ0v) is 12.7. The van der Waals surface area contributed by atoms with Gasteiger partial charge in [0.05, 0.1) is 0 Å². The van der Waals surface area contributed by atoms with Crippen molar-refractivity contribution in [1.82, 2.24) is 5.32 Å². The summed E-state index contributed by atoms with van der Waals surface area (Å²) in [4.78, 5) is 0. The second-order valence-corrected chi connectivity index (χ2v) is 5.89. The van der Waals surface area contributed by atoms with E-state index < -0.39 is 0 Å². The van der Waals surface area contributed by atoms with Crippen LogP contribution in [0.25, 0.3) is 0 Å². The van der Waals surface area contributed by atoms with Gasteiger partial charge in [0.1, 0.15) is 0 Å². The maximum absolute atomic E-state index is 3.75. The number of hydrogen-bond acceptors (Lipinski definition) is 1. The summed E-state index contributed by atoms with van der Waals surface area (Å²) in [5, 5.41) is 3.75. The first-order valence-corrected chi connectivity index (χ1v) is 8.20. The SMILES string of the molecule is CCCCc1ccc2c(c1)C(NCCC)CCCC2. The predicted molar refractivity (Wildman–Crippen MR) is 83.6 cm³/mol. The zero-order valence-electron chi connectivity index (χ0n) is 12.7. The molecule has 0 aliphatic heterocycles. The Bertz CT molecular complexity index is 383. The average molecular weight is 259 g/mol. The van der Waals surface area contributed by atoms with Gasteiger partial charge < -0.3 is 5.32 Å². The van der Waals surface area contributed by atoms with Crippen LogP contribution in [-0.4, -0.2) is 6.54 Å². The number of rotatable bonds is 6. The summed E-state index contributed by atoms with van der Waals surface area (Å²) in [6.45, 7) is 5.67. The molecule has 106 valence electrons. The van der Waals surface area contributed by atoms with E-state index in [4.69, 9.17) is 0 Å². The summed E-state index contributed by atoms with van der Waals surface area (Å²) in [5.74, 6) is 0. The van der Waals surface area contributed by atoms with Gasteiger partial charge in [-0.25, -0.2) is 0 Å². The fraction of sp³-hybridized carbons (Fsp3) is 0.667. The Kier molecular flexibility index (Phi) is 5.91. The molecule has 1 aromatic rings. The fourth-order valence-corrected chi connectivity index (χ4v) is 3.08. The highest BCUT2D eigenvalue weighted by Crippen LogP contribution is 2.29. The number of benzene rings is 1. The molecule has 0 amide bonds. The van der Waals surface area contributed by atoms with E-state index in [1.54, 1.807) is 11.1 Å². The molecule has 1 atom stereocenters. The molecule has 1 N–H and O–H groups in total. The quantitative estimate of drug-likeness (QED) is 0.724. The van der Waals surface area contributed by atoms with E-state index in [9.17, 15) is 0 Å². The smallest absolute Gasteiger partial charge is 0.0323 e. The van der Waals surface area contributed by atoms with Crippen molar-refractivity contribution < 1.29 is 0 Å². The Labute approximate surface area is 118 Å². The first-order chi connectivity index (χ1) is 9.35.